The molecule has 29 heavy (non-hydrogen) atoms. The second kappa shape index (κ2) is 8.58. The lowest BCUT2D eigenvalue weighted by atomic mass is 9.87. The van der Waals surface area contributed by atoms with Crippen LogP contribution in [0.4, 0.5) is 5.69 Å². The number of carbonyl (C=O) groups excluding carboxylic acids is 1. The van der Waals surface area contributed by atoms with E-state index in [1.165, 1.54) is 34.4 Å². The molecule has 4 heteroatoms. The van der Waals surface area contributed by atoms with Gasteiger partial charge in [0, 0.05) is 37.9 Å². The van der Waals surface area contributed by atoms with Crippen LogP contribution in [-0.2, 0) is 11.2 Å². The van der Waals surface area contributed by atoms with Gasteiger partial charge >= 0.3 is 0 Å². The Kier molecular flexibility index (Phi) is 5.91. The number of rotatable bonds is 4. The number of nitrogens with zero attached hydrogens (tertiary/aromatic N) is 3. The average molecular weight is 392 g/mol. The Hall–Kier alpha value is -2.33. The number of piperazine rings is 1. The van der Waals surface area contributed by atoms with Crippen molar-refractivity contribution in [1.82, 2.24) is 9.80 Å². The quantitative estimate of drug-likeness (QED) is 0.789. The van der Waals surface area contributed by atoms with Crippen LogP contribution in [0.25, 0.3) is 0 Å². The average Bonchev–Trinajstić information content (AvgIpc) is 2.75. The molecule has 1 amide bonds. The van der Waals surface area contributed by atoms with E-state index in [0.717, 1.165) is 39.0 Å². The Labute approximate surface area is 175 Å². The van der Waals surface area contributed by atoms with Gasteiger partial charge in [0.2, 0.25) is 5.91 Å². The van der Waals surface area contributed by atoms with Crippen LogP contribution in [0.3, 0.4) is 0 Å². The van der Waals surface area contributed by atoms with E-state index in [2.05, 4.69) is 73.2 Å². The van der Waals surface area contributed by atoms with E-state index in [-0.39, 0.29) is 5.91 Å². The standard InChI is InChI=1S/C25H33N3O/c1-19-8-6-12-23(20(19)2)27-14-16-28(17-15-27)25(29)18-26(3)24-13-7-10-21-9-4-5-11-22(21)24/h4-6,8-9,11-12,24H,7,10,13-18H2,1-3H3/t24-/m1/s1. The van der Waals surface area contributed by atoms with Crippen LogP contribution in [-0.4, -0.2) is 55.5 Å². The molecule has 0 radical (unpaired) electrons. The fourth-order valence-corrected chi connectivity index (χ4v) is 4.88. The van der Waals surface area contributed by atoms with E-state index in [4.69, 9.17) is 0 Å². The Morgan fingerprint density at radius 1 is 1.03 bits per heavy atom. The number of hydrogen-bond acceptors (Lipinski definition) is 3. The number of amides is 1. The van der Waals surface area contributed by atoms with Gasteiger partial charge in [-0.15, -0.1) is 0 Å². The number of fused-ring (bicyclic) bond motifs is 1. The van der Waals surface area contributed by atoms with Crippen molar-refractivity contribution in [2.24, 2.45) is 0 Å². The molecule has 0 bridgehead atoms. The van der Waals surface area contributed by atoms with Crippen LogP contribution in [0.2, 0.25) is 0 Å². The number of hydrogen-bond donors (Lipinski definition) is 0. The highest BCUT2D eigenvalue weighted by Gasteiger charge is 2.27. The molecule has 0 N–H and O–H groups in total. The Balaban J connectivity index is 1.35. The highest BCUT2D eigenvalue weighted by atomic mass is 16.2. The highest BCUT2D eigenvalue weighted by molar-refractivity contribution is 5.78. The summed E-state index contributed by atoms with van der Waals surface area (Å²) in [5, 5.41) is 0. The monoisotopic (exact) mass is 391 g/mol. The highest BCUT2D eigenvalue weighted by Crippen LogP contribution is 2.33. The Morgan fingerprint density at radius 2 is 1.79 bits per heavy atom. The maximum Gasteiger partial charge on any atom is 0.236 e. The normalized spacial score (nSPS) is 19.4. The largest absolute Gasteiger partial charge is 0.368 e. The van der Waals surface area contributed by atoms with Gasteiger partial charge in [0.1, 0.15) is 0 Å². The summed E-state index contributed by atoms with van der Waals surface area (Å²) in [6.45, 7) is 8.29. The van der Waals surface area contributed by atoms with E-state index in [9.17, 15) is 4.79 Å². The minimum atomic E-state index is 0.260. The fraction of sp³-hybridized carbons (Fsp3) is 0.480. The molecular formula is C25H33N3O. The first kappa shape index (κ1) is 20.0. The summed E-state index contributed by atoms with van der Waals surface area (Å²) < 4.78 is 0. The van der Waals surface area contributed by atoms with Crippen molar-refractivity contribution < 1.29 is 4.79 Å². The Bertz CT molecular complexity index is 870. The molecule has 0 spiro atoms. The van der Waals surface area contributed by atoms with Crippen molar-refractivity contribution >= 4 is 11.6 Å². The zero-order chi connectivity index (χ0) is 20.4. The molecule has 1 atom stereocenters. The summed E-state index contributed by atoms with van der Waals surface area (Å²) in [6, 6.07) is 15.6. The van der Waals surface area contributed by atoms with E-state index in [1.54, 1.807) is 0 Å². The maximum absolute atomic E-state index is 13.0. The van der Waals surface area contributed by atoms with Crippen molar-refractivity contribution in [3.05, 3.63) is 64.7 Å². The maximum atomic E-state index is 13.0. The lowest BCUT2D eigenvalue weighted by molar-refractivity contribution is -0.133. The molecule has 2 aromatic carbocycles. The SMILES string of the molecule is Cc1cccc(N2CCN(C(=O)CN(C)[C@@H]3CCCc4ccccc43)CC2)c1C. The predicted molar refractivity (Wildman–Crippen MR) is 119 cm³/mol. The molecule has 0 unspecified atom stereocenters. The molecule has 0 aromatic heterocycles. The molecule has 2 aromatic rings. The summed E-state index contributed by atoms with van der Waals surface area (Å²) >= 11 is 0. The van der Waals surface area contributed by atoms with E-state index < -0.39 is 0 Å². The van der Waals surface area contributed by atoms with Crippen molar-refractivity contribution in [2.75, 3.05) is 44.7 Å². The number of likely N-dealkylation sites (N-methyl/N-ethyl adjacent to an activating group) is 1. The Morgan fingerprint density at radius 3 is 2.59 bits per heavy atom. The number of benzene rings is 2. The zero-order valence-corrected chi connectivity index (χ0v) is 18.0. The summed E-state index contributed by atoms with van der Waals surface area (Å²) in [7, 11) is 2.11. The minimum Gasteiger partial charge on any atom is -0.368 e. The number of carbonyl (C=O) groups is 1. The van der Waals surface area contributed by atoms with Crippen molar-refractivity contribution in [3.63, 3.8) is 0 Å². The third-order valence-corrected chi connectivity index (χ3v) is 6.80. The first-order valence-electron chi connectivity index (χ1n) is 10.9. The van der Waals surface area contributed by atoms with Gasteiger partial charge in [0.25, 0.3) is 0 Å². The van der Waals surface area contributed by atoms with Gasteiger partial charge in [-0.05, 0) is 68.5 Å². The lowest BCUT2D eigenvalue weighted by Crippen LogP contribution is -2.51. The van der Waals surface area contributed by atoms with E-state index in [0.29, 0.717) is 12.6 Å². The van der Waals surface area contributed by atoms with Crippen LogP contribution in [0.15, 0.2) is 42.5 Å². The molecule has 4 rings (SSSR count). The van der Waals surface area contributed by atoms with Crippen LogP contribution >= 0.6 is 0 Å². The van der Waals surface area contributed by atoms with Crippen molar-refractivity contribution in [1.29, 1.82) is 0 Å². The van der Waals surface area contributed by atoms with Crippen LogP contribution in [0.1, 0.15) is 41.1 Å². The smallest absolute Gasteiger partial charge is 0.236 e. The van der Waals surface area contributed by atoms with Gasteiger partial charge in [-0.2, -0.15) is 0 Å². The van der Waals surface area contributed by atoms with E-state index >= 15 is 0 Å². The minimum absolute atomic E-state index is 0.260. The van der Waals surface area contributed by atoms with Crippen molar-refractivity contribution in [2.45, 2.75) is 39.2 Å². The predicted octanol–water partition coefficient (Wildman–Crippen LogP) is 3.96. The molecular weight excluding hydrogens is 358 g/mol. The molecule has 1 aliphatic heterocycles. The fourth-order valence-electron chi connectivity index (χ4n) is 4.88. The number of anilines is 1. The van der Waals surface area contributed by atoms with Crippen molar-refractivity contribution in [3.8, 4) is 0 Å². The first-order chi connectivity index (χ1) is 14.0. The third-order valence-electron chi connectivity index (χ3n) is 6.80. The van der Waals surface area contributed by atoms with Gasteiger partial charge in [-0.3, -0.25) is 9.69 Å². The van der Waals surface area contributed by atoms with Crippen LogP contribution < -0.4 is 4.90 Å². The molecule has 1 heterocycles. The van der Waals surface area contributed by atoms with Gasteiger partial charge < -0.3 is 9.80 Å². The topological polar surface area (TPSA) is 26.8 Å². The summed E-state index contributed by atoms with van der Waals surface area (Å²) in [4.78, 5) is 19.7. The molecule has 2 aliphatic rings. The molecule has 1 saturated heterocycles. The molecule has 0 saturated carbocycles. The van der Waals surface area contributed by atoms with E-state index in [1.807, 2.05) is 4.90 Å². The molecule has 4 nitrogen and oxygen atoms in total. The first-order valence-corrected chi connectivity index (χ1v) is 10.9. The third kappa shape index (κ3) is 4.18. The second-order valence-corrected chi connectivity index (χ2v) is 8.61. The van der Waals surface area contributed by atoms with Gasteiger partial charge in [-0.25, -0.2) is 0 Å². The van der Waals surface area contributed by atoms with Gasteiger partial charge in [0.05, 0.1) is 6.54 Å². The lowest BCUT2D eigenvalue weighted by Gasteiger charge is -2.39. The number of aryl methyl sites for hydroxylation is 2. The van der Waals surface area contributed by atoms with Crippen LogP contribution in [0, 0.1) is 13.8 Å². The molecule has 1 fully saturated rings. The molecule has 1 aliphatic carbocycles. The van der Waals surface area contributed by atoms with Gasteiger partial charge in [0.15, 0.2) is 0 Å². The van der Waals surface area contributed by atoms with Gasteiger partial charge in [-0.1, -0.05) is 36.4 Å². The zero-order valence-electron chi connectivity index (χ0n) is 18.0. The molecule has 154 valence electrons. The summed E-state index contributed by atoms with van der Waals surface area (Å²) in [6.07, 6.45) is 3.50. The second-order valence-electron chi connectivity index (χ2n) is 8.61. The summed E-state index contributed by atoms with van der Waals surface area (Å²) in [5.41, 5.74) is 6.85. The van der Waals surface area contributed by atoms with Crippen LogP contribution in [0.5, 0.6) is 0 Å². The summed E-state index contributed by atoms with van der Waals surface area (Å²) in [5.74, 6) is 0.260.